The predicted molar refractivity (Wildman–Crippen MR) is 149 cm³/mol. The molecule has 1 aliphatic rings. The summed E-state index contributed by atoms with van der Waals surface area (Å²) in [6, 6.07) is 26.8. The van der Waals surface area contributed by atoms with Crippen molar-refractivity contribution >= 4 is 12.0 Å². The van der Waals surface area contributed by atoms with Crippen LogP contribution in [0.1, 0.15) is 55.5 Å². The van der Waals surface area contributed by atoms with Crippen LogP contribution in [-0.2, 0) is 0 Å². The summed E-state index contributed by atoms with van der Waals surface area (Å²) >= 11 is 0. The number of nitrogens with one attached hydrogen (secondary N) is 1. The van der Waals surface area contributed by atoms with Gasteiger partial charge in [0.2, 0.25) is 0 Å². The van der Waals surface area contributed by atoms with Crippen LogP contribution >= 0.6 is 0 Å². The molecule has 1 amide bonds. The highest BCUT2D eigenvalue weighted by Crippen LogP contribution is 2.29. The van der Waals surface area contributed by atoms with Crippen molar-refractivity contribution in [3.8, 4) is 16.9 Å². The molecule has 3 aromatic carbocycles. The first-order chi connectivity index (χ1) is 17.6. The average Bonchev–Trinajstić information content (AvgIpc) is 2.93. The van der Waals surface area contributed by atoms with Crippen LogP contribution in [0, 0.1) is 0 Å². The maximum absolute atomic E-state index is 12.4. The number of nitrogens with zero attached hydrogens (tertiary/aromatic N) is 1. The molecule has 0 aromatic heterocycles. The highest BCUT2D eigenvalue weighted by molar-refractivity contribution is 5.94. The number of hydrogen-bond donors (Lipinski definition) is 1. The average molecular weight is 483 g/mol. The minimum Gasteiger partial charge on any atom is -0.490 e. The summed E-state index contributed by atoms with van der Waals surface area (Å²) in [5.41, 5.74) is 5.92. The Hall–Kier alpha value is -3.37. The lowest BCUT2D eigenvalue weighted by molar-refractivity contribution is 0.0949. The molecule has 0 bridgehead atoms. The SMILES string of the molecule is CCN(CC)CCNC(=O)c1ccc(OC2CCC(=Cc3ccc(-c4ccccc4)cc3)CC2)cc1. The molecule has 0 heterocycles. The van der Waals surface area contributed by atoms with Crippen LogP contribution in [0.15, 0.2) is 84.4 Å². The first-order valence-corrected chi connectivity index (χ1v) is 13.3. The van der Waals surface area contributed by atoms with Gasteiger partial charge in [-0.2, -0.15) is 0 Å². The van der Waals surface area contributed by atoms with Crippen molar-refractivity contribution in [1.29, 1.82) is 0 Å². The number of likely N-dealkylation sites (N-methyl/N-ethyl adjacent to an activating group) is 1. The molecule has 3 aromatic rings. The molecule has 1 fully saturated rings. The Balaban J connectivity index is 1.23. The van der Waals surface area contributed by atoms with E-state index in [1.54, 1.807) is 0 Å². The fourth-order valence-corrected chi connectivity index (χ4v) is 4.71. The van der Waals surface area contributed by atoms with Crippen LogP contribution in [0.4, 0.5) is 0 Å². The molecule has 1 aliphatic carbocycles. The van der Waals surface area contributed by atoms with Crippen molar-refractivity contribution in [1.82, 2.24) is 10.2 Å². The van der Waals surface area contributed by atoms with Gasteiger partial charge in [0.1, 0.15) is 5.75 Å². The standard InChI is InChI=1S/C32H38N2O2/c1-3-34(4-2)23-22-33-32(35)29-16-20-31(21-17-29)36-30-18-12-26(13-19-30)24-25-10-14-28(15-11-25)27-8-6-5-7-9-27/h5-11,14-17,20-21,24,30H,3-4,12-13,18-19,22-23H2,1-2H3,(H,33,35). The van der Waals surface area contributed by atoms with E-state index < -0.39 is 0 Å². The normalized spacial score (nSPS) is 15.5. The topological polar surface area (TPSA) is 41.6 Å². The van der Waals surface area contributed by atoms with E-state index in [1.807, 2.05) is 30.3 Å². The monoisotopic (exact) mass is 482 g/mol. The smallest absolute Gasteiger partial charge is 0.251 e. The van der Waals surface area contributed by atoms with Crippen LogP contribution in [0.5, 0.6) is 5.75 Å². The minimum atomic E-state index is -0.0297. The Morgan fingerprint density at radius 2 is 1.53 bits per heavy atom. The highest BCUT2D eigenvalue weighted by atomic mass is 16.5. The number of benzene rings is 3. The Labute approximate surface area is 216 Å². The first kappa shape index (κ1) is 25.7. The zero-order valence-corrected chi connectivity index (χ0v) is 21.6. The number of carbonyl (C=O) groups is 1. The van der Waals surface area contributed by atoms with Gasteiger partial charge in [-0.3, -0.25) is 4.79 Å². The fraction of sp³-hybridized carbons (Fsp3) is 0.344. The van der Waals surface area contributed by atoms with Crippen molar-refractivity contribution in [3.63, 3.8) is 0 Å². The van der Waals surface area contributed by atoms with Crippen LogP contribution < -0.4 is 10.1 Å². The summed E-state index contributed by atoms with van der Waals surface area (Å²) in [5, 5.41) is 3.01. The number of carbonyl (C=O) groups excluding carboxylic acids is 1. The molecule has 4 rings (SSSR count). The van der Waals surface area contributed by atoms with Gasteiger partial charge in [-0.15, -0.1) is 0 Å². The molecule has 1 N–H and O–H groups in total. The maximum Gasteiger partial charge on any atom is 0.251 e. The molecule has 188 valence electrons. The number of ether oxygens (including phenoxy) is 1. The second-order valence-corrected chi connectivity index (χ2v) is 9.41. The third-order valence-corrected chi connectivity index (χ3v) is 6.99. The molecule has 0 atom stereocenters. The molecule has 36 heavy (non-hydrogen) atoms. The quantitative estimate of drug-likeness (QED) is 0.344. The first-order valence-electron chi connectivity index (χ1n) is 13.3. The molecular weight excluding hydrogens is 444 g/mol. The Kier molecular flexibility index (Phi) is 9.34. The fourth-order valence-electron chi connectivity index (χ4n) is 4.71. The third-order valence-electron chi connectivity index (χ3n) is 6.99. The number of hydrogen-bond acceptors (Lipinski definition) is 3. The number of amides is 1. The summed E-state index contributed by atoms with van der Waals surface area (Å²) in [7, 11) is 0. The van der Waals surface area contributed by atoms with Crippen LogP contribution in [0.2, 0.25) is 0 Å². The van der Waals surface area contributed by atoms with Gasteiger partial charge in [0.25, 0.3) is 5.91 Å². The second-order valence-electron chi connectivity index (χ2n) is 9.41. The maximum atomic E-state index is 12.4. The van der Waals surface area contributed by atoms with Crippen molar-refractivity contribution in [2.45, 2.75) is 45.6 Å². The summed E-state index contributed by atoms with van der Waals surface area (Å²) in [6.45, 7) is 7.80. The van der Waals surface area contributed by atoms with E-state index in [-0.39, 0.29) is 12.0 Å². The van der Waals surface area contributed by atoms with Gasteiger partial charge in [-0.1, -0.05) is 80.1 Å². The van der Waals surface area contributed by atoms with E-state index in [9.17, 15) is 4.79 Å². The molecule has 4 heteroatoms. The van der Waals surface area contributed by atoms with Crippen LogP contribution in [-0.4, -0.2) is 43.1 Å². The number of rotatable bonds is 10. The Morgan fingerprint density at radius 3 is 2.17 bits per heavy atom. The van der Waals surface area contributed by atoms with E-state index in [2.05, 4.69) is 78.7 Å². The largest absolute Gasteiger partial charge is 0.490 e. The molecule has 1 saturated carbocycles. The molecule has 0 unspecified atom stereocenters. The van der Waals surface area contributed by atoms with Gasteiger partial charge in [0, 0.05) is 18.7 Å². The van der Waals surface area contributed by atoms with E-state index in [0.29, 0.717) is 12.1 Å². The van der Waals surface area contributed by atoms with Gasteiger partial charge >= 0.3 is 0 Å². The highest BCUT2D eigenvalue weighted by Gasteiger charge is 2.18. The zero-order chi connectivity index (χ0) is 25.2. The Morgan fingerprint density at radius 1 is 0.889 bits per heavy atom. The summed E-state index contributed by atoms with van der Waals surface area (Å²) < 4.78 is 6.23. The van der Waals surface area contributed by atoms with E-state index >= 15 is 0 Å². The van der Waals surface area contributed by atoms with Gasteiger partial charge < -0.3 is 15.0 Å². The van der Waals surface area contributed by atoms with Gasteiger partial charge in [0.05, 0.1) is 6.10 Å². The summed E-state index contributed by atoms with van der Waals surface area (Å²) in [5.74, 6) is 0.807. The summed E-state index contributed by atoms with van der Waals surface area (Å²) in [4.78, 5) is 14.7. The molecular formula is C32H38N2O2. The molecule has 0 radical (unpaired) electrons. The molecule has 0 spiro atoms. The summed E-state index contributed by atoms with van der Waals surface area (Å²) in [6.07, 6.45) is 6.69. The lowest BCUT2D eigenvalue weighted by atomic mass is 9.91. The Bertz CT molecular complexity index is 1110. The predicted octanol–water partition coefficient (Wildman–Crippen LogP) is 6.83. The molecule has 0 aliphatic heterocycles. The zero-order valence-electron chi connectivity index (χ0n) is 21.6. The van der Waals surface area contributed by atoms with Gasteiger partial charge in [-0.25, -0.2) is 0 Å². The van der Waals surface area contributed by atoms with Crippen LogP contribution in [0.3, 0.4) is 0 Å². The molecule has 4 nitrogen and oxygen atoms in total. The van der Waals surface area contributed by atoms with Crippen molar-refractivity contribution < 1.29 is 9.53 Å². The van der Waals surface area contributed by atoms with Gasteiger partial charge in [-0.05, 0) is 79.7 Å². The second kappa shape index (κ2) is 13.1. The lowest BCUT2D eigenvalue weighted by Gasteiger charge is -2.25. The lowest BCUT2D eigenvalue weighted by Crippen LogP contribution is -2.34. The molecule has 0 saturated heterocycles. The van der Waals surface area contributed by atoms with Crippen molar-refractivity contribution in [2.75, 3.05) is 26.2 Å². The van der Waals surface area contributed by atoms with Crippen molar-refractivity contribution in [2.24, 2.45) is 0 Å². The van der Waals surface area contributed by atoms with Crippen molar-refractivity contribution in [3.05, 3.63) is 95.6 Å². The van der Waals surface area contributed by atoms with E-state index in [0.717, 1.165) is 51.1 Å². The third kappa shape index (κ3) is 7.32. The van der Waals surface area contributed by atoms with E-state index in [1.165, 1.54) is 22.3 Å². The van der Waals surface area contributed by atoms with Gasteiger partial charge in [0.15, 0.2) is 0 Å². The minimum absolute atomic E-state index is 0.0297. The number of allylic oxidation sites excluding steroid dienone is 1. The van der Waals surface area contributed by atoms with E-state index in [4.69, 9.17) is 4.74 Å². The van der Waals surface area contributed by atoms with Crippen LogP contribution in [0.25, 0.3) is 17.2 Å².